The number of rotatable bonds is 6. The highest BCUT2D eigenvalue weighted by atomic mass is 16.5. The van der Waals surface area contributed by atoms with Crippen LogP contribution in [-0.4, -0.2) is 51.4 Å². The zero-order valence-corrected chi connectivity index (χ0v) is 14.1. The summed E-state index contributed by atoms with van der Waals surface area (Å²) < 4.78 is 5.17. The molecule has 0 aromatic heterocycles. The molecule has 2 heterocycles. The van der Waals surface area contributed by atoms with Gasteiger partial charge >= 0.3 is 5.97 Å². The molecule has 2 aliphatic heterocycles. The SMILES string of the molecule is CCCCCC(C)(C)N.O=C(O)[C@H]1/C(=C\CO)O[C@@H]2CC(=O)N21. The van der Waals surface area contributed by atoms with E-state index in [0.29, 0.717) is 0 Å². The van der Waals surface area contributed by atoms with Crippen LogP contribution in [0.2, 0.25) is 0 Å². The molecule has 0 aromatic carbocycles. The number of carbonyl (C=O) groups excluding carboxylic acids is 1. The van der Waals surface area contributed by atoms with Gasteiger partial charge < -0.3 is 20.7 Å². The molecule has 2 rings (SSSR count). The van der Waals surface area contributed by atoms with E-state index in [1.807, 2.05) is 0 Å². The van der Waals surface area contributed by atoms with Crippen LogP contribution in [0, 0.1) is 0 Å². The average molecular weight is 328 g/mol. The second-order valence-electron chi connectivity index (χ2n) is 6.55. The molecule has 23 heavy (non-hydrogen) atoms. The molecular formula is C16H28N2O5. The Labute approximate surface area is 137 Å². The number of carboxylic acids is 1. The fourth-order valence-electron chi connectivity index (χ4n) is 2.49. The molecule has 4 N–H and O–H groups in total. The summed E-state index contributed by atoms with van der Waals surface area (Å²) in [5.74, 6) is -1.22. The molecule has 0 spiro atoms. The monoisotopic (exact) mass is 328 g/mol. The number of aliphatic hydroxyl groups excluding tert-OH is 1. The lowest BCUT2D eigenvalue weighted by Crippen LogP contribution is -2.54. The number of carbonyl (C=O) groups is 2. The Kier molecular flexibility index (Phi) is 7.02. The third-order valence-corrected chi connectivity index (χ3v) is 3.72. The molecule has 0 radical (unpaired) electrons. The Morgan fingerprint density at radius 3 is 2.57 bits per heavy atom. The van der Waals surface area contributed by atoms with Crippen molar-refractivity contribution in [3.8, 4) is 0 Å². The lowest BCUT2D eigenvalue weighted by atomic mass is 9.98. The maximum Gasteiger partial charge on any atom is 0.334 e. The van der Waals surface area contributed by atoms with Crippen LogP contribution in [0.25, 0.3) is 0 Å². The molecule has 132 valence electrons. The molecule has 0 saturated carbocycles. The lowest BCUT2D eigenvalue weighted by Gasteiger charge is -2.33. The van der Waals surface area contributed by atoms with Gasteiger partial charge in [0.25, 0.3) is 0 Å². The molecular weight excluding hydrogens is 300 g/mol. The number of aliphatic hydroxyl groups is 1. The largest absolute Gasteiger partial charge is 0.479 e. The van der Waals surface area contributed by atoms with Gasteiger partial charge in [-0.3, -0.25) is 9.69 Å². The topological polar surface area (TPSA) is 113 Å². The van der Waals surface area contributed by atoms with Crippen LogP contribution in [-0.2, 0) is 14.3 Å². The van der Waals surface area contributed by atoms with Gasteiger partial charge in [-0.2, -0.15) is 0 Å². The van der Waals surface area contributed by atoms with Crippen LogP contribution in [0.15, 0.2) is 11.8 Å². The van der Waals surface area contributed by atoms with Crippen molar-refractivity contribution < 1.29 is 24.5 Å². The van der Waals surface area contributed by atoms with Gasteiger partial charge in [0.2, 0.25) is 5.91 Å². The van der Waals surface area contributed by atoms with Crippen LogP contribution in [0.1, 0.15) is 52.9 Å². The standard InChI is InChI=1S/C8H9NO5.C8H19N/c10-2-1-4-7(8(12)13)9-5(11)3-6(9)14-4;1-4-5-6-7-8(2,3)9/h1,6-7,10H,2-3H2,(H,12,13);4-7,9H2,1-3H3/b4-1+;/t6-,7-;/m1./s1. The number of amides is 1. The third-order valence-electron chi connectivity index (χ3n) is 3.72. The predicted molar refractivity (Wildman–Crippen MR) is 85.3 cm³/mol. The maximum absolute atomic E-state index is 11.1. The van der Waals surface area contributed by atoms with Crippen molar-refractivity contribution in [2.24, 2.45) is 5.73 Å². The Bertz CT molecular complexity index is 456. The van der Waals surface area contributed by atoms with Gasteiger partial charge in [-0.1, -0.05) is 26.2 Å². The molecule has 7 nitrogen and oxygen atoms in total. The number of nitrogens with two attached hydrogens (primary N) is 1. The van der Waals surface area contributed by atoms with E-state index in [9.17, 15) is 9.59 Å². The molecule has 2 atom stereocenters. The first-order valence-electron chi connectivity index (χ1n) is 8.01. The zero-order valence-electron chi connectivity index (χ0n) is 14.1. The van der Waals surface area contributed by atoms with Crippen LogP contribution >= 0.6 is 0 Å². The minimum Gasteiger partial charge on any atom is -0.479 e. The predicted octanol–water partition coefficient (Wildman–Crippen LogP) is 1.21. The number of unbranched alkanes of at least 4 members (excludes halogenated alkanes) is 2. The van der Waals surface area contributed by atoms with Crippen molar-refractivity contribution in [2.75, 3.05) is 6.61 Å². The molecule has 0 aliphatic carbocycles. The number of fused-ring (bicyclic) bond motifs is 1. The first-order chi connectivity index (χ1) is 10.7. The summed E-state index contributed by atoms with van der Waals surface area (Å²) in [7, 11) is 0. The fourth-order valence-corrected chi connectivity index (χ4v) is 2.49. The van der Waals surface area contributed by atoms with Crippen LogP contribution in [0.3, 0.4) is 0 Å². The van der Waals surface area contributed by atoms with Gasteiger partial charge in [0.15, 0.2) is 12.3 Å². The van der Waals surface area contributed by atoms with Crippen molar-refractivity contribution in [3.05, 3.63) is 11.8 Å². The highest BCUT2D eigenvalue weighted by Crippen LogP contribution is 2.36. The van der Waals surface area contributed by atoms with E-state index in [4.69, 9.17) is 20.7 Å². The molecule has 2 fully saturated rings. The average Bonchev–Trinajstić information content (AvgIpc) is 2.72. The number of aliphatic carboxylic acids is 1. The fraction of sp³-hybridized carbons (Fsp3) is 0.750. The van der Waals surface area contributed by atoms with E-state index in [1.165, 1.54) is 30.2 Å². The summed E-state index contributed by atoms with van der Waals surface area (Å²) in [6.45, 7) is 6.09. The summed E-state index contributed by atoms with van der Waals surface area (Å²) in [4.78, 5) is 23.1. The van der Waals surface area contributed by atoms with Gasteiger partial charge in [0.1, 0.15) is 5.76 Å². The number of nitrogens with zero attached hydrogens (tertiary/aromatic N) is 1. The second kappa shape index (κ2) is 8.31. The number of carboxylic acid groups (broad SMARTS) is 1. The summed E-state index contributed by atoms with van der Waals surface area (Å²) >= 11 is 0. The van der Waals surface area contributed by atoms with Crippen molar-refractivity contribution >= 4 is 11.9 Å². The van der Waals surface area contributed by atoms with E-state index in [-0.39, 0.29) is 30.2 Å². The third kappa shape index (κ3) is 5.51. The second-order valence-corrected chi connectivity index (χ2v) is 6.55. The minimum absolute atomic E-state index is 0.0508. The summed E-state index contributed by atoms with van der Waals surface area (Å²) in [6.07, 6.45) is 6.07. The Morgan fingerprint density at radius 2 is 2.13 bits per heavy atom. The summed E-state index contributed by atoms with van der Waals surface area (Å²) in [6, 6.07) is -1.06. The molecule has 2 aliphatic rings. The highest BCUT2D eigenvalue weighted by Gasteiger charge is 2.53. The van der Waals surface area contributed by atoms with Gasteiger partial charge in [-0.15, -0.1) is 0 Å². The quantitative estimate of drug-likeness (QED) is 0.499. The lowest BCUT2D eigenvalue weighted by molar-refractivity contribution is -0.163. The normalized spacial score (nSPS) is 24.5. The Hall–Kier alpha value is -1.60. The zero-order chi connectivity index (χ0) is 17.6. The Morgan fingerprint density at radius 1 is 1.48 bits per heavy atom. The summed E-state index contributed by atoms with van der Waals surface area (Å²) in [5, 5.41) is 17.5. The maximum atomic E-state index is 11.1. The van der Waals surface area contributed by atoms with Crippen molar-refractivity contribution in [1.82, 2.24) is 4.90 Å². The van der Waals surface area contributed by atoms with Crippen LogP contribution < -0.4 is 5.73 Å². The van der Waals surface area contributed by atoms with Crippen LogP contribution in [0.5, 0.6) is 0 Å². The van der Waals surface area contributed by atoms with Gasteiger partial charge in [-0.25, -0.2) is 4.79 Å². The summed E-state index contributed by atoms with van der Waals surface area (Å²) in [5.41, 5.74) is 5.83. The smallest absolute Gasteiger partial charge is 0.334 e. The molecule has 0 aromatic rings. The van der Waals surface area contributed by atoms with Gasteiger partial charge in [0.05, 0.1) is 13.0 Å². The van der Waals surface area contributed by atoms with Crippen LogP contribution in [0.4, 0.5) is 0 Å². The van der Waals surface area contributed by atoms with Gasteiger partial charge in [-0.05, 0) is 26.3 Å². The van der Waals surface area contributed by atoms with E-state index >= 15 is 0 Å². The number of ether oxygens (including phenoxy) is 1. The van der Waals surface area contributed by atoms with E-state index < -0.39 is 18.2 Å². The number of β-lactam (4-membered cyclic amide) rings is 1. The molecule has 7 heteroatoms. The first-order valence-corrected chi connectivity index (χ1v) is 8.01. The number of hydrogen-bond donors (Lipinski definition) is 3. The first kappa shape index (κ1) is 19.4. The van der Waals surface area contributed by atoms with Crippen molar-refractivity contribution in [2.45, 2.75) is 70.7 Å². The van der Waals surface area contributed by atoms with E-state index in [1.54, 1.807) is 0 Å². The Balaban J connectivity index is 0.000000257. The van der Waals surface area contributed by atoms with Gasteiger partial charge in [0, 0.05) is 5.54 Å². The van der Waals surface area contributed by atoms with Crippen molar-refractivity contribution in [3.63, 3.8) is 0 Å². The highest BCUT2D eigenvalue weighted by molar-refractivity contribution is 5.91. The molecule has 2 saturated heterocycles. The number of hydrogen-bond acceptors (Lipinski definition) is 5. The van der Waals surface area contributed by atoms with Crippen molar-refractivity contribution in [1.29, 1.82) is 0 Å². The van der Waals surface area contributed by atoms with E-state index in [0.717, 1.165) is 6.42 Å². The minimum atomic E-state index is -1.14. The van der Waals surface area contributed by atoms with E-state index in [2.05, 4.69) is 20.8 Å². The molecule has 1 amide bonds. The molecule has 0 bridgehead atoms. The molecule has 0 unspecified atom stereocenters.